The van der Waals surface area contributed by atoms with Crippen molar-refractivity contribution in [1.82, 2.24) is 19.5 Å². The molecule has 1 fully saturated rings. The number of hydrogen-bond donors (Lipinski definition) is 1. The van der Waals surface area contributed by atoms with Crippen molar-refractivity contribution in [2.24, 2.45) is 0 Å². The number of nitrogens with two attached hydrogens (primary N) is 1. The Kier molecular flexibility index (Phi) is 5.25. The zero-order valence-corrected chi connectivity index (χ0v) is 19.9. The first kappa shape index (κ1) is 22.0. The Bertz CT molecular complexity index is 1570. The topological polar surface area (TPSA) is 95.9 Å². The van der Waals surface area contributed by atoms with E-state index in [4.69, 9.17) is 20.4 Å². The summed E-state index contributed by atoms with van der Waals surface area (Å²) in [5, 5.41) is 0. The molecule has 3 aromatic heterocycles. The lowest BCUT2D eigenvalue weighted by molar-refractivity contribution is -0.151. The smallest absolute Gasteiger partial charge is 0.316 e. The van der Waals surface area contributed by atoms with Gasteiger partial charge in [-0.15, -0.1) is 0 Å². The third-order valence-corrected chi connectivity index (χ3v) is 7.11. The number of anilines is 1. The van der Waals surface area contributed by atoms with Crippen LogP contribution in [0.3, 0.4) is 0 Å². The van der Waals surface area contributed by atoms with Gasteiger partial charge >= 0.3 is 5.97 Å². The van der Waals surface area contributed by atoms with E-state index in [2.05, 4.69) is 4.98 Å². The monoisotopic (exact) mass is 475 g/mol. The summed E-state index contributed by atoms with van der Waals surface area (Å²) in [6, 6.07) is 25.8. The van der Waals surface area contributed by atoms with Crippen LogP contribution in [0.2, 0.25) is 0 Å². The van der Waals surface area contributed by atoms with E-state index < -0.39 is 5.41 Å². The predicted molar refractivity (Wildman–Crippen MR) is 139 cm³/mol. The number of benzene rings is 2. The van der Waals surface area contributed by atoms with Crippen LogP contribution >= 0.6 is 0 Å². The Morgan fingerprint density at radius 3 is 2.39 bits per heavy atom. The standard InChI is InChI=1S/C29H25N5O2/c1-36-28(35)29(16-6-17-29)20-10-12-21(13-11-20)34-26(22-9-5-18-31-25(22)30)33-24-15-14-23(32-27(24)34)19-7-3-2-4-8-19/h2-5,7-15,18H,6,16-17H2,1H3,(H2,30,31). The van der Waals surface area contributed by atoms with Gasteiger partial charge in [0.25, 0.3) is 0 Å². The number of rotatable bonds is 5. The summed E-state index contributed by atoms with van der Waals surface area (Å²) in [6.45, 7) is 0. The van der Waals surface area contributed by atoms with Crippen molar-refractivity contribution in [3.05, 3.63) is 90.6 Å². The van der Waals surface area contributed by atoms with Crippen LogP contribution in [0, 0.1) is 0 Å². The quantitative estimate of drug-likeness (QED) is 0.345. The largest absolute Gasteiger partial charge is 0.468 e. The Labute approximate surface area is 208 Å². The number of nitrogens with zero attached hydrogens (tertiary/aromatic N) is 4. The normalized spacial score (nSPS) is 14.4. The van der Waals surface area contributed by atoms with Crippen LogP contribution in [0.4, 0.5) is 5.82 Å². The third kappa shape index (κ3) is 3.43. The summed E-state index contributed by atoms with van der Waals surface area (Å²) >= 11 is 0. The lowest BCUT2D eigenvalue weighted by Crippen LogP contribution is -2.43. The number of pyridine rings is 2. The molecule has 36 heavy (non-hydrogen) atoms. The number of fused-ring (bicyclic) bond motifs is 1. The average molecular weight is 476 g/mol. The first-order chi connectivity index (χ1) is 17.6. The minimum atomic E-state index is -0.556. The molecule has 0 spiro atoms. The van der Waals surface area contributed by atoms with Crippen molar-refractivity contribution in [2.45, 2.75) is 24.7 Å². The number of aromatic nitrogens is 4. The number of esters is 1. The van der Waals surface area contributed by atoms with Gasteiger partial charge in [-0.1, -0.05) is 48.9 Å². The molecular weight excluding hydrogens is 450 g/mol. The molecule has 0 unspecified atom stereocenters. The first-order valence-corrected chi connectivity index (χ1v) is 12.0. The Morgan fingerprint density at radius 2 is 1.72 bits per heavy atom. The molecule has 1 saturated carbocycles. The molecule has 0 atom stereocenters. The van der Waals surface area contributed by atoms with E-state index >= 15 is 0 Å². The highest BCUT2D eigenvalue weighted by Crippen LogP contribution is 2.45. The lowest BCUT2D eigenvalue weighted by Gasteiger charge is -2.39. The fourth-order valence-electron chi connectivity index (χ4n) is 5.02. The van der Waals surface area contributed by atoms with Crippen molar-refractivity contribution in [2.75, 3.05) is 12.8 Å². The minimum Gasteiger partial charge on any atom is -0.468 e. The number of carbonyl (C=O) groups excluding carboxylic acids is 1. The molecule has 178 valence electrons. The Morgan fingerprint density at radius 1 is 0.944 bits per heavy atom. The Balaban J connectivity index is 1.54. The van der Waals surface area contributed by atoms with E-state index in [0.717, 1.165) is 52.9 Å². The van der Waals surface area contributed by atoms with Crippen LogP contribution in [0.25, 0.3) is 39.5 Å². The van der Waals surface area contributed by atoms with Crippen LogP contribution in [0.1, 0.15) is 24.8 Å². The zero-order chi connectivity index (χ0) is 24.7. The fourth-order valence-corrected chi connectivity index (χ4v) is 5.02. The zero-order valence-electron chi connectivity index (χ0n) is 19.9. The highest BCUT2D eigenvalue weighted by molar-refractivity contribution is 5.86. The van der Waals surface area contributed by atoms with Gasteiger partial charge in [-0.25, -0.2) is 15.0 Å². The molecule has 1 aliphatic carbocycles. The van der Waals surface area contributed by atoms with Crippen LogP contribution in [0.5, 0.6) is 0 Å². The molecule has 0 bridgehead atoms. The van der Waals surface area contributed by atoms with E-state index in [1.165, 1.54) is 7.11 Å². The van der Waals surface area contributed by atoms with E-state index in [1.54, 1.807) is 6.20 Å². The summed E-state index contributed by atoms with van der Waals surface area (Å²) in [6.07, 6.45) is 4.27. The number of nitrogen functional groups attached to an aromatic ring is 1. The van der Waals surface area contributed by atoms with Crippen LogP contribution in [-0.4, -0.2) is 32.6 Å². The van der Waals surface area contributed by atoms with Crippen molar-refractivity contribution in [3.63, 3.8) is 0 Å². The highest BCUT2D eigenvalue weighted by atomic mass is 16.5. The van der Waals surface area contributed by atoms with Gasteiger partial charge in [0.2, 0.25) is 0 Å². The molecule has 0 radical (unpaired) electrons. The van der Waals surface area contributed by atoms with E-state index in [0.29, 0.717) is 17.3 Å². The van der Waals surface area contributed by atoms with Gasteiger partial charge in [0, 0.05) is 17.4 Å². The van der Waals surface area contributed by atoms with Crippen molar-refractivity contribution >= 4 is 23.0 Å². The van der Waals surface area contributed by atoms with Gasteiger partial charge in [-0.2, -0.15) is 0 Å². The number of carbonyl (C=O) groups is 1. The second kappa shape index (κ2) is 8.61. The lowest BCUT2D eigenvalue weighted by atomic mass is 9.64. The van der Waals surface area contributed by atoms with Crippen LogP contribution < -0.4 is 5.73 Å². The minimum absolute atomic E-state index is 0.174. The molecule has 2 N–H and O–H groups in total. The van der Waals surface area contributed by atoms with Gasteiger partial charge in [-0.3, -0.25) is 9.36 Å². The molecule has 2 aromatic carbocycles. The maximum atomic E-state index is 12.6. The molecule has 6 rings (SSSR count). The van der Waals surface area contributed by atoms with Gasteiger partial charge in [0.05, 0.1) is 23.8 Å². The van der Waals surface area contributed by atoms with Gasteiger partial charge in [0.1, 0.15) is 11.3 Å². The Hall–Kier alpha value is -4.52. The highest BCUT2D eigenvalue weighted by Gasteiger charge is 2.46. The van der Waals surface area contributed by atoms with E-state index in [9.17, 15) is 4.79 Å². The predicted octanol–water partition coefficient (Wildman–Crippen LogP) is 5.33. The number of imidazole rings is 1. The van der Waals surface area contributed by atoms with Crippen LogP contribution in [0.15, 0.2) is 85.1 Å². The second-order valence-corrected chi connectivity index (χ2v) is 9.09. The molecule has 0 saturated heterocycles. The summed E-state index contributed by atoms with van der Waals surface area (Å²) in [5.74, 6) is 0.882. The summed E-state index contributed by atoms with van der Waals surface area (Å²) in [4.78, 5) is 26.8. The molecule has 1 aliphatic rings. The SMILES string of the molecule is COC(=O)C1(c2ccc(-n3c(-c4cccnc4N)nc4ccc(-c5ccccc5)nc43)cc2)CCC1. The van der Waals surface area contributed by atoms with Crippen molar-refractivity contribution in [1.29, 1.82) is 0 Å². The number of ether oxygens (including phenoxy) is 1. The molecule has 7 nitrogen and oxygen atoms in total. The first-order valence-electron chi connectivity index (χ1n) is 12.0. The van der Waals surface area contributed by atoms with Crippen molar-refractivity contribution in [3.8, 4) is 28.3 Å². The van der Waals surface area contributed by atoms with Crippen molar-refractivity contribution < 1.29 is 9.53 Å². The summed E-state index contributed by atoms with van der Waals surface area (Å²) < 4.78 is 7.14. The second-order valence-electron chi connectivity index (χ2n) is 9.09. The maximum Gasteiger partial charge on any atom is 0.316 e. The average Bonchev–Trinajstić information content (AvgIpc) is 3.27. The van der Waals surface area contributed by atoms with Gasteiger partial charge < -0.3 is 10.5 Å². The molecule has 0 amide bonds. The molecule has 0 aliphatic heterocycles. The van der Waals surface area contributed by atoms with Gasteiger partial charge in [0.15, 0.2) is 11.5 Å². The van der Waals surface area contributed by atoms with E-state index in [-0.39, 0.29) is 5.97 Å². The summed E-state index contributed by atoms with van der Waals surface area (Å²) in [7, 11) is 1.45. The molecule has 3 heterocycles. The maximum absolute atomic E-state index is 12.6. The van der Waals surface area contributed by atoms with E-state index in [1.807, 2.05) is 83.4 Å². The third-order valence-electron chi connectivity index (χ3n) is 7.11. The summed E-state index contributed by atoms with van der Waals surface area (Å²) in [5.41, 5.74) is 11.6. The molecular formula is C29H25N5O2. The fraction of sp³-hybridized carbons (Fsp3) is 0.172. The van der Waals surface area contributed by atoms with Crippen LogP contribution in [-0.2, 0) is 14.9 Å². The molecule has 7 heteroatoms. The molecule has 5 aromatic rings. The van der Waals surface area contributed by atoms with Gasteiger partial charge in [-0.05, 0) is 54.8 Å². The number of methoxy groups -OCH3 is 1. The number of hydrogen-bond acceptors (Lipinski definition) is 6.